The van der Waals surface area contributed by atoms with E-state index in [-0.39, 0.29) is 17.7 Å². The first-order valence-corrected chi connectivity index (χ1v) is 13.1. The fraction of sp³-hybridized carbons (Fsp3) is 0.500. The molecule has 1 atom stereocenters. The van der Waals surface area contributed by atoms with Crippen LogP contribution in [0.3, 0.4) is 0 Å². The molecule has 1 aliphatic heterocycles. The number of amides is 2. The van der Waals surface area contributed by atoms with Crippen LogP contribution in [0.25, 0.3) is 0 Å². The van der Waals surface area contributed by atoms with Gasteiger partial charge in [-0.05, 0) is 70.2 Å². The lowest BCUT2D eigenvalue weighted by Gasteiger charge is -2.35. The van der Waals surface area contributed by atoms with Gasteiger partial charge in [-0.25, -0.2) is 10.1 Å². The number of carbonyl (C=O) groups is 2. The Labute approximate surface area is 221 Å². The second-order valence-corrected chi connectivity index (χ2v) is 9.73. The predicted molar refractivity (Wildman–Crippen MR) is 151 cm³/mol. The van der Waals surface area contributed by atoms with E-state index >= 15 is 0 Å². The minimum absolute atomic E-state index is 0.162. The van der Waals surface area contributed by atoms with E-state index in [4.69, 9.17) is 17.0 Å². The van der Waals surface area contributed by atoms with Gasteiger partial charge in [-0.15, -0.1) is 0 Å². The van der Waals surface area contributed by atoms with Crippen molar-refractivity contribution in [2.45, 2.75) is 73.3 Å². The molecule has 1 heterocycles. The zero-order valence-corrected chi connectivity index (χ0v) is 23.8. The number of carbonyl (C=O) groups excluding carboxylic acids is 2. The highest BCUT2D eigenvalue weighted by Gasteiger charge is 2.42. The monoisotopic (exact) mass is 513 g/mol. The van der Waals surface area contributed by atoms with Crippen LogP contribution >= 0.6 is 12.2 Å². The van der Waals surface area contributed by atoms with E-state index < -0.39 is 5.54 Å². The third-order valence-electron chi connectivity index (χ3n) is 6.76. The van der Waals surface area contributed by atoms with Gasteiger partial charge < -0.3 is 15.0 Å². The Bertz CT molecular complexity index is 1100. The molecule has 1 unspecified atom stereocenters. The molecule has 0 radical (unpaired) electrons. The first-order chi connectivity index (χ1) is 17.0. The standard InChI is InChI=1S/C28H40N4O3S/c1-10-13-19(5)32-24(20(6)18(4)11-2)26(33)30-25(32)22-16-21(14-15-23(22)35-12-3)31(17-36)28(7,8)27(34)29-9/h14-18H,5,10-13H2,1-4,6-9H3,(H,29,34)/p+1/b24-20-. The maximum atomic E-state index is 13.4. The summed E-state index contributed by atoms with van der Waals surface area (Å²) >= 11 is 5.33. The van der Waals surface area contributed by atoms with Gasteiger partial charge in [0.1, 0.15) is 22.5 Å². The van der Waals surface area contributed by atoms with Crippen LogP contribution in [0.5, 0.6) is 5.75 Å². The zero-order valence-electron chi connectivity index (χ0n) is 22.9. The highest BCUT2D eigenvalue weighted by atomic mass is 32.1. The fourth-order valence-electron chi connectivity index (χ4n) is 4.30. The predicted octanol–water partition coefficient (Wildman–Crippen LogP) is 4.90. The number of thiocarbonyl (C=S) groups is 1. The molecule has 2 N–H and O–H groups in total. The molecule has 2 amide bonds. The van der Waals surface area contributed by atoms with Gasteiger partial charge in [-0.3, -0.25) is 4.79 Å². The highest BCUT2D eigenvalue weighted by molar-refractivity contribution is 7.79. The summed E-state index contributed by atoms with van der Waals surface area (Å²) in [7, 11) is 1.60. The maximum absolute atomic E-state index is 13.4. The third kappa shape index (κ3) is 5.69. The number of hydrogen-bond acceptors (Lipinski definition) is 4. The van der Waals surface area contributed by atoms with Crippen LogP contribution in [-0.2, 0) is 9.59 Å². The number of nitrogens with zero attached hydrogens (tertiary/aromatic N) is 2. The van der Waals surface area contributed by atoms with Crippen molar-refractivity contribution in [3.05, 3.63) is 47.3 Å². The molecule has 2 rings (SSSR count). The Hall–Kier alpha value is -3.00. The van der Waals surface area contributed by atoms with Crippen molar-refractivity contribution in [1.82, 2.24) is 10.6 Å². The largest absolute Gasteiger partial charge is 0.493 e. The normalized spacial score (nSPS) is 15.8. The van der Waals surface area contributed by atoms with Gasteiger partial charge in [0, 0.05) is 19.2 Å². The van der Waals surface area contributed by atoms with Gasteiger partial charge in [-0.2, -0.15) is 4.58 Å². The Balaban J connectivity index is 2.88. The summed E-state index contributed by atoms with van der Waals surface area (Å²) in [5, 5.41) is 5.80. The molecule has 0 aromatic heterocycles. The second-order valence-electron chi connectivity index (χ2n) is 9.52. The lowest BCUT2D eigenvalue weighted by Crippen LogP contribution is -2.53. The fourth-order valence-corrected chi connectivity index (χ4v) is 4.69. The molecule has 0 spiro atoms. The van der Waals surface area contributed by atoms with E-state index in [2.05, 4.69) is 38.0 Å². The number of ether oxygens (including phenoxy) is 1. The van der Waals surface area contributed by atoms with Gasteiger partial charge in [0.2, 0.25) is 11.6 Å². The van der Waals surface area contributed by atoms with Crippen LogP contribution in [0, 0.1) is 5.92 Å². The quantitative estimate of drug-likeness (QED) is 0.236. The molecular weight excluding hydrogens is 472 g/mol. The van der Waals surface area contributed by atoms with E-state index in [9.17, 15) is 9.59 Å². The molecule has 1 aliphatic rings. The number of benzene rings is 1. The van der Waals surface area contributed by atoms with Gasteiger partial charge in [0.15, 0.2) is 0 Å². The minimum Gasteiger partial charge on any atom is -0.493 e. The van der Waals surface area contributed by atoms with Crippen molar-refractivity contribution in [2.75, 3.05) is 18.6 Å². The smallest absolute Gasteiger partial charge is 0.379 e. The first-order valence-electron chi connectivity index (χ1n) is 12.6. The second kappa shape index (κ2) is 12.3. The van der Waals surface area contributed by atoms with Gasteiger partial charge in [0.25, 0.3) is 5.84 Å². The molecule has 8 heteroatoms. The highest BCUT2D eigenvalue weighted by Crippen LogP contribution is 2.32. The molecule has 1 aromatic rings. The van der Waals surface area contributed by atoms with E-state index in [0.717, 1.165) is 30.5 Å². The SMILES string of the molecule is C=C(CCC)[N+]1=C(c2cc(N(C=S)C(C)(C)C(=O)NC)ccc2OCC)NC(=O)/C1=C(\C)C(C)CC. The molecule has 36 heavy (non-hydrogen) atoms. The van der Waals surface area contributed by atoms with Crippen LogP contribution in [-0.4, -0.2) is 46.9 Å². The molecular formula is C28H41N4O3S+. The average molecular weight is 514 g/mol. The third-order valence-corrected chi connectivity index (χ3v) is 6.97. The molecule has 0 saturated heterocycles. The van der Waals surface area contributed by atoms with Crippen molar-refractivity contribution < 1.29 is 18.9 Å². The van der Waals surface area contributed by atoms with E-state index in [1.54, 1.807) is 25.8 Å². The molecule has 0 fully saturated rings. The molecule has 1 aromatic carbocycles. The topological polar surface area (TPSA) is 73.7 Å². The summed E-state index contributed by atoms with van der Waals surface area (Å²) < 4.78 is 7.93. The Morgan fingerprint density at radius 3 is 2.53 bits per heavy atom. The maximum Gasteiger partial charge on any atom is 0.379 e. The van der Waals surface area contributed by atoms with Crippen LogP contribution in [0.15, 0.2) is 41.7 Å². The number of rotatable bonds is 12. The summed E-state index contributed by atoms with van der Waals surface area (Å²) in [4.78, 5) is 27.8. The number of nitrogens with one attached hydrogen (secondary N) is 2. The number of likely N-dealkylation sites (N-methyl/N-ethyl adjacent to an activating group) is 1. The summed E-state index contributed by atoms with van der Waals surface area (Å²) in [6.07, 6.45) is 2.54. The van der Waals surface area contributed by atoms with Crippen LogP contribution in [0.2, 0.25) is 0 Å². The summed E-state index contributed by atoms with van der Waals surface area (Å²) in [6.45, 7) is 18.7. The summed E-state index contributed by atoms with van der Waals surface area (Å²) in [5.74, 6) is 1.12. The van der Waals surface area contributed by atoms with E-state index in [1.165, 1.54) is 5.49 Å². The van der Waals surface area contributed by atoms with Crippen LogP contribution in [0.1, 0.15) is 73.3 Å². The van der Waals surface area contributed by atoms with E-state index in [1.807, 2.05) is 36.6 Å². The van der Waals surface area contributed by atoms with Crippen molar-refractivity contribution in [2.24, 2.45) is 5.92 Å². The summed E-state index contributed by atoms with van der Waals surface area (Å²) in [5.41, 5.74) is 4.39. The number of anilines is 1. The Kier molecular flexibility index (Phi) is 9.99. The van der Waals surface area contributed by atoms with E-state index in [0.29, 0.717) is 35.1 Å². The molecule has 0 bridgehead atoms. The molecule has 7 nitrogen and oxygen atoms in total. The summed E-state index contributed by atoms with van der Waals surface area (Å²) in [6, 6.07) is 5.62. The number of allylic oxidation sites excluding steroid dienone is 2. The lowest BCUT2D eigenvalue weighted by atomic mass is 9.97. The van der Waals surface area contributed by atoms with Gasteiger partial charge >= 0.3 is 5.91 Å². The van der Waals surface area contributed by atoms with Crippen LogP contribution < -0.4 is 20.3 Å². The lowest BCUT2D eigenvalue weighted by molar-refractivity contribution is -0.415. The molecule has 0 aliphatic carbocycles. The van der Waals surface area contributed by atoms with Crippen molar-refractivity contribution in [1.29, 1.82) is 0 Å². The van der Waals surface area contributed by atoms with Gasteiger partial charge in [0.05, 0.1) is 12.1 Å². The molecule has 196 valence electrons. The van der Waals surface area contributed by atoms with Crippen molar-refractivity contribution >= 4 is 41.0 Å². The molecule has 0 saturated carbocycles. The van der Waals surface area contributed by atoms with Crippen molar-refractivity contribution in [3.8, 4) is 5.75 Å². The number of amidine groups is 1. The van der Waals surface area contributed by atoms with Crippen molar-refractivity contribution in [3.63, 3.8) is 0 Å². The van der Waals surface area contributed by atoms with Crippen LogP contribution in [0.4, 0.5) is 5.69 Å². The minimum atomic E-state index is -0.936. The first kappa shape index (κ1) is 29.2. The number of hydrogen-bond donors (Lipinski definition) is 2. The Morgan fingerprint density at radius 2 is 2.00 bits per heavy atom. The average Bonchev–Trinajstić information content (AvgIpc) is 3.20. The Morgan fingerprint density at radius 1 is 1.33 bits per heavy atom. The van der Waals surface area contributed by atoms with Gasteiger partial charge in [-0.1, -0.05) is 39.6 Å². The zero-order chi connectivity index (χ0) is 27.2.